The molecule has 0 saturated carbocycles. The molecule has 0 fully saturated rings. The molecule has 1 aliphatic rings. The molecule has 28 heavy (non-hydrogen) atoms. The van der Waals surface area contributed by atoms with Gasteiger partial charge in [-0.05, 0) is 38.0 Å². The normalized spacial score (nSPS) is 14.9. The first-order valence-corrected chi connectivity index (χ1v) is 9.18. The average molecular weight is 395 g/mol. The first-order chi connectivity index (χ1) is 13.3. The third-order valence-corrected chi connectivity index (χ3v) is 5.32. The summed E-state index contributed by atoms with van der Waals surface area (Å²) < 4.78 is 5.28. The van der Waals surface area contributed by atoms with Crippen LogP contribution in [-0.4, -0.2) is 28.0 Å². The minimum absolute atomic E-state index is 0.0361. The van der Waals surface area contributed by atoms with E-state index in [-0.39, 0.29) is 11.1 Å². The Hall–Kier alpha value is -2.99. The number of aryl methyl sites for hydroxylation is 1. The molecule has 0 radical (unpaired) electrons. The fourth-order valence-corrected chi connectivity index (χ4v) is 3.59. The number of fused-ring (bicyclic) bond motifs is 1. The van der Waals surface area contributed by atoms with Crippen LogP contribution in [0.1, 0.15) is 25.2 Å². The summed E-state index contributed by atoms with van der Waals surface area (Å²) in [5, 5.41) is 0.253. The molecule has 0 spiro atoms. The van der Waals surface area contributed by atoms with Crippen molar-refractivity contribution in [1.29, 1.82) is 0 Å². The zero-order valence-electron chi connectivity index (χ0n) is 16.0. The molecule has 7 heteroatoms. The number of carbonyl (C=O) groups is 1. The predicted octanol–water partition coefficient (Wildman–Crippen LogP) is 4.46. The molecule has 0 saturated heterocycles. The van der Waals surface area contributed by atoms with Gasteiger partial charge in [0.15, 0.2) is 10.9 Å². The van der Waals surface area contributed by atoms with Gasteiger partial charge in [0, 0.05) is 24.0 Å². The molecule has 142 valence electrons. The fourth-order valence-electron chi connectivity index (χ4n) is 3.41. The number of aromatic nitrogens is 3. The van der Waals surface area contributed by atoms with Crippen molar-refractivity contribution in [3.8, 4) is 16.9 Å². The quantitative estimate of drug-likeness (QED) is 0.613. The van der Waals surface area contributed by atoms with Crippen LogP contribution in [0.15, 0.2) is 42.9 Å². The van der Waals surface area contributed by atoms with Crippen molar-refractivity contribution in [3.05, 3.63) is 59.4 Å². The third kappa shape index (κ3) is 2.81. The van der Waals surface area contributed by atoms with E-state index in [9.17, 15) is 4.79 Å². The van der Waals surface area contributed by atoms with Gasteiger partial charge in [0.1, 0.15) is 5.82 Å². The van der Waals surface area contributed by atoms with Gasteiger partial charge < -0.3 is 4.74 Å². The molecule has 2 aromatic heterocycles. The van der Waals surface area contributed by atoms with Gasteiger partial charge in [-0.1, -0.05) is 23.7 Å². The second-order valence-electron chi connectivity index (χ2n) is 7.20. The molecule has 0 bridgehead atoms. The molecule has 0 aliphatic carbocycles. The molecule has 4 rings (SSSR count). The van der Waals surface area contributed by atoms with E-state index < -0.39 is 5.41 Å². The van der Waals surface area contributed by atoms with Gasteiger partial charge in [-0.25, -0.2) is 15.0 Å². The van der Waals surface area contributed by atoms with Gasteiger partial charge in [-0.15, -0.1) is 0 Å². The molecule has 0 atom stereocenters. The van der Waals surface area contributed by atoms with Crippen LogP contribution in [0.25, 0.3) is 11.1 Å². The topological polar surface area (TPSA) is 68.2 Å². The van der Waals surface area contributed by atoms with E-state index in [1.54, 1.807) is 29.6 Å². The lowest BCUT2D eigenvalue weighted by atomic mass is 9.85. The van der Waals surface area contributed by atoms with Gasteiger partial charge in [0.25, 0.3) is 0 Å². The number of amides is 1. The lowest BCUT2D eigenvalue weighted by Crippen LogP contribution is -2.33. The number of hydrogen-bond acceptors (Lipinski definition) is 5. The summed E-state index contributed by atoms with van der Waals surface area (Å²) in [7, 11) is 1.52. The van der Waals surface area contributed by atoms with Crippen molar-refractivity contribution in [1.82, 2.24) is 15.0 Å². The largest absolute Gasteiger partial charge is 0.493 e. The van der Waals surface area contributed by atoms with Crippen LogP contribution in [0.2, 0.25) is 5.15 Å². The molecule has 0 unspecified atom stereocenters. The Kier molecular flexibility index (Phi) is 4.31. The molecule has 1 amide bonds. The molecular weight excluding hydrogens is 376 g/mol. The van der Waals surface area contributed by atoms with Gasteiger partial charge in [-0.2, -0.15) is 0 Å². The minimum atomic E-state index is -0.662. The first kappa shape index (κ1) is 18.4. The van der Waals surface area contributed by atoms with Gasteiger partial charge in [0.05, 0.1) is 30.1 Å². The molecule has 3 aromatic rings. The van der Waals surface area contributed by atoms with Crippen LogP contribution in [0, 0.1) is 6.92 Å². The van der Waals surface area contributed by atoms with E-state index in [0.29, 0.717) is 17.3 Å². The van der Waals surface area contributed by atoms with Crippen LogP contribution in [-0.2, 0) is 10.2 Å². The van der Waals surface area contributed by atoms with Gasteiger partial charge >= 0.3 is 0 Å². The number of nitrogens with zero attached hydrogens (tertiary/aromatic N) is 4. The summed E-state index contributed by atoms with van der Waals surface area (Å²) in [5.41, 5.74) is 3.52. The predicted molar refractivity (Wildman–Crippen MR) is 108 cm³/mol. The van der Waals surface area contributed by atoms with Crippen LogP contribution in [0.3, 0.4) is 0 Å². The standard InChI is InChI=1S/C21H19ClN4O2/c1-12-23-9-14(10-24-12)13-5-6-16-17(7-13)26(20(27)21(16,2)3)15-8-18(28-4)19(22)25-11-15/h5-11H,1-4H3. The number of ether oxygens (including phenoxy) is 1. The van der Waals surface area contributed by atoms with E-state index in [4.69, 9.17) is 16.3 Å². The zero-order valence-corrected chi connectivity index (χ0v) is 16.8. The Labute approximate surface area is 168 Å². The number of halogens is 1. The van der Waals surface area contributed by atoms with E-state index in [2.05, 4.69) is 15.0 Å². The van der Waals surface area contributed by atoms with Crippen LogP contribution in [0.5, 0.6) is 5.75 Å². The SMILES string of the molecule is COc1cc(N2C(=O)C(C)(C)c3ccc(-c4cnc(C)nc4)cc32)cnc1Cl. The number of rotatable bonds is 3. The van der Waals surface area contributed by atoms with Crippen molar-refractivity contribution >= 4 is 28.9 Å². The summed E-state index contributed by atoms with van der Waals surface area (Å²) in [6.07, 6.45) is 5.14. The second-order valence-corrected chi connectivity index (χ2v) is 7.56. The number of benzene rings is 1. The smallest absolute Gasteiger partial charge is 0.241 e. The highest BCUT2D eigenvalue weighted by molar-refractivity contribution is 6.31. The second kappa shape index (κ2) is 6.56. The summed E-state index contributed by atoms with van der Waals surface area (Å²) >= 11 is 6.06. The van der Waals surface area contributed by atoms with E-state index in [1.807, 2.05) is 39.0 Å². The molecule has 3 heterocycles. The molecular formula is C21H19ClN4O2. The van der Waals surface area contributed by atoms with E-state index in [0.717, 1.165) is 22.4 Å². The van der Waals surface area contributed by atoms with Crippen molar-refractivity contribution in [2.24, 2.45) is 0 Å². The van der Waals surface area contributed by atoms with Crippen molar-refractivity contribution in [2.45, 2.75) is 26.2 Å². The maximum Gasteiger partial charge on any atom is 0.241 e. The highest BCUT2D eigenvalue weighted by atomic mass is 35.5. The van der Waals surface area contributed by atoms with Crippen molar-refractivity contribution in [3.63, 3.8) is 0 Å². The third-order valence-electron chi connectivity index (χ3n) is 5.03. The Morgan fingerprint density at radius 1 is 1.04 bits per heavy atom. The Balaban J connectivity index is 1.88. The first-order valence-electron chi connectivity index (χ1n) is 8.80. The van der Waals surface area contributed by atoms with Crippen molar-refractivity contribution < 1.29 is 9.53 Å². The fraction of sp³-hybridized carbons (Fsp3) is 0.238. The Bertz CT molecular complexity index is 1080. The summed E-state index contributed by atoms with van der Waals surface area (Å²) in [6, 6.07) is 7.69. The maximum absolute atomic E-state index is 13.3. The molecule has 0 N–H and O–H groups in total. The summed E-state index contributed by atoms with van der Waals surface area (Å²) in [5.74, 6) is 1.09. The number of hydrogen-bond donors (Lipinski definition) is 0. The van der Waals surface area contributed by atoms with Crippen LogP contribution in [0.4, 0.5) is 11.4 Å². The van der Waals surface area contributed by atoms with Gasteiger partial charge in [0.2, 0.25) is 5.91 Å². The van der Waals surface area contributed by atoms with Crippen LogP contribution < -0.4 is 9.64 Å². The average Bonchev–Trinajstić information content (AvgIpc) is 2.88. The number of methoxy groups -OCH3 is 1. The minimum Gasteiger partial charge on any atom is -0.493 e. The number of pyridine rings is 1. The zero-order chi connectivity index (χ0) is 20.1. The van der Waals surface area contributed by atoms with Gasteiger partial charge in [-0.3, -0.25) is 9.69 Å². The van der Waals surface area contributed by atoms with Crippen molar-refractivity contribution in [2.75, 3.05) is 12.0 Å². The monoisotopic (exact) mass is 394 g/mol. The molecule has 1 aromatic carbocycles. The molecule has 6 nitrogen and oxygen atoms in total. The summed E-state index contributed by atoms with van der Waals surface area (Å²) in [4.78, 5) is 27.6. The highest BCUT2D eigenvalue weighted by Crippen LogP contribution is 2.47. The maximum atomic E-state index is 13.3. The summed E-state index contributed by atoms with van der Waals surface area (Å²) in [6.45, 7) is 5.68. The van der Waals surface area contributed by atoms with E-state index >= 15 is 0 Å². The highest BCUT2D eigenvalue weighted by Gasteiger charge is 2.44. The lowest BCUT2D eigenvalue weighted by molar-refractivity contribution is -0.121. The lowest BCUT2D eigenvalue weighted by Gasteiger charge is -2.21. The Morgan fingerprint density at radius 3 is 2.43 bits per heavy atom. The number of carbonyl (C=O) groups excluding carboxylic acids is 1. The van der Waals surface area contributed by atoms with E-state index in [1.165, 1.54) is 7.11 Å². The molecule has 1 aliphatic heterocycles. The van der Waals surface area contributed by atoms with Crippen LogP contribution >= 0.6 is 11.6 Å². The number of anilines is 2. The Morgan fingerprint density at radius 2 is 1.75 bits per heavy atom.